The minimum atomic E-state index is 0.635. The molecule has 4 rings (SSSR count). The molecular formula is C23H36Cl2N4. The van der Waals surface area contributed by atoms with Crippen molar-refractivity contribution in [3.8, 4) is 0 Å². The number of hydrogen-bond donors (Lipinski definition) is 1. The molecule has 1 aromatic rings. The lowest BCUT2D eigenvalue weighted by Gasteiger charge is -2.40. The standard InChI is InChI=1S/C23H36Cl2N4/c24-22-4-3-21(16-23(22)25)29-14-12-28(13-15-29)18-20-2-1-10-27(17-20)11-7-19-5-8-26-9-6-19/h3-4,16,19-20,26H,1-2,5-15,17-18H2/t20-/m1/s1. The third-order valence-electron chi connectivity index (χ3n) is 7.07. The number of piperidine rings is 2. The molecule has 3 fully saturated rings. The molecule has 0 bridgehead atoms. The Hall–Kier alpha value is -0.520. The third-order valence-corrected chi connectivity index (χ3v) is 7.81. The summed E-state index contributed by atoms with van der Waals surface area (Å²) in [6, 6.07) is 6.00. The summed E-state index contributed by atoms with van der Waals surface area (Å²) in [4.78, 5) is 7.86. The van der Waals surface area contributed by atoms with Crippen LogP contribution in [-0.2, 0) is 0 Å². The first-order valence-corrected chi connectivity index (χ1v) is 12.3. The third kappa shape index (κ3) is 6.24. The first-order valence-electron chi connectivity index (χ1n) is 11.5. The predicted molar refractivity (Wildman–Crippen MR) is 124 cm³/mol. The minimum absolute atomic E-state index is 0.635. The van der Waals surface area contributed by atoms with Crippen molar-refractivity contribution in [1.29, 1.82) is 0 Å². The van der Waals surface area contributed by atoms with Gasteiger partial charge in [-0.15, -0.1) is 0 Å². The van der Waals surface area contributed by atoms with Crippen molar-refractivity contribution in [3.05, 3.63) is 28.2 Å². The number of halogens is 2. The monoisotopic (exact) mass is 438 g/mol. The van der Waals surface area contributed by atoms with E-state index in [2.05, 4.69) is 26.1 Å². The molecule has 0 amide bonds. The molecule has 3 aliphatic rings. The molecule has 3 aliphatic heterocycles. The molecule has 1 aromatic carbocycles. The normalized spacial score (nSPS) is 25.4. The molecule has 162 valence electrons. The molecule has 3 heterocycles. The van der Waals surface area contributed by atoms with Gasteiger partial charge in [0.25, 0.3) is 0 Å². The summed E-state index contributed by atoms with van der Waals surface area (Å²) >= 11 is 12.3. The first kappa shape index (κ1) is 21.7. The van der Waals surface area contributed by atoms with Crippen LogP contribution in [0.15, 0.2) is 18.2 Å². The number of anilines is 1. The molecule has 0 aromatic heterocycles. The van der Waals surface area contributed by atoms with E-state index in [4.69, 9.17) is 23.2 Å². The number of nitrogens with one attached hydrogen (secondary N) is 1. The van der Waals surface area contributed by atoms with Gasteiger partial charge in [-0.05, 0) is 88.3 Å². The maximum Gasteiger partial charge on any atom is 0.0612 e. The molecular weight excluding hydrogens is 403 g/mol. The number of rotatable bonds is 6. The average Bonchev–Trinajstić information content (AvgIpc) is 2.76. The SMILES string of the molecule is Clc1ccc(N2CCN(C[C@@H]3CCCN(CCC4CCNCC4)C3)CC2)cc1Cl. The van der Waals surface area contributed by atoms with Gasteiger partial charge >= 0.3 is 0 Å². The van der Waals surface area contributed by atoms with Crippen LogP contribution in [0.4, 0.5) is 5.69 Å². The Labute approximate surface area is 186 Å². The van der Waals surface area contributed by atoms with Crippen molar-refractivity contribution in [3.63, 3.8) is 0 Å². The van der Waals surface area contributed by atoms with Crippen LogP contribution in [0.1, 0.15) is 32.1 Å². The van der Waals surface area contributed by atoms with Crippen LogP contribution >= 0.6 is 23.2 Å². The van der Waals surface area contributed by atoms with Crippen LogP contribution < -0.4 is 10.2 Å². The van der Waals surface area contributed by atoms with Crippen molar-refractivity contribution >= 4 is 28.9 Å². The topological polar surface area (TPSA) is 21.8 Å². The maximum absolute atomic E-state index is 6.20. The average molecular weight is 439 g/mol. The van der Waals surface area contributed by atoms with Crippen LogP contribution in [0, 0.1) is 11.8 Å². The Balaban J connectivity index is 1.19. The van der Waals surface area contributed by atoms with Crippen LogP contribution in [0.3, 0.4) is 0 Å². The van der Waals surface area contributed by atoms with Crippen LogP contribution in [0.2, 0.25) is 10.0 Å². The summed E-state index contributed by atoms with van der Waals surface area (Å²) in [5, 5.41) is 4.78. The highest BCUT2D eigenvalue weighted by Crippen LogP contribution is 2.28. The molecule has 29 heavy (non-hydrogen) atoms. The largest absolute Gasteiger partial charge is 0.369 e. The van der Waals surface area contributed by atoms with Gasteiger partial charge in [-0.2, -0.15) is 0 Å². The van der Waals surface area contributed by atoms with E-state index in [0.717, 1.165) is 38.0 Å². The van der Waals surface area contributed by atoms with Crippen molar-refractivity contribution in [2.75, 3.05) is 70.3 Å². The zero-order chi connectivity index (χ0) is 20.1. The van der Waals surface area contributed by atoms with Gasteiger partial charge in [-0.25, -0.2) is 0 Å². The Morgan fingerprint density at radius 2 is 1.66 bits per heavy atom. The second kappa shape index (κ2) is 10.7. The maximum atomic E-state index is 6.20. The Morgan fingerprint density at radius 3 is 2.41 bits per heavy atom. The second-order valence-corrected chi connectivity index (χ2v) is 9.99. The lowest BCUT2D eigenvalue weighted by Crippen LogP contribution is -2.49. The van der Waals surface area contributed by atoms with E-state index in [1.54, 1.807) is 0 Å². The van der Waals surface area contributed by atoms with Gasteiger partial charge in [-0.3, -0.25) is 4.90 Å². The zero-order valence-corrected chi connectivity index (χ0v) is 19.1. The van der Waals surface area contributed by atoms with Gasteiger partial charge in [-0.1, -0.05) is 23.2 Å². The molecule has 1 atom stereocenters. The molecule has 0 spiro atoms. The van der Waals surface area contributed by atoms with Crippen molar-refractivity contribution in [2.24, 2.45) is 11.8 Å². The molecule has 0 aliphatic carbocycles. The lowest BCUT2D eigenvalue weighted by atomic mass is 9.93. The van der Waals surface area contributed by atoms with Gasteiger partial charge in [0, 0.05) is 45.0 Å². The molecule has 0 saturated carbocycles. The van der Waals surface area contributed by atoms with Gasteiger partial charge < -0.3 is 15.1 Å². The fraction of sp³-hybridized carbons (Fsp3) is 0.739. The zero-order valence-electron chi connectivity index (χ0n) is 17.6. The number of likely N-dealkylation sites (tertiary alicyclic amines) is 1. The highest BCUT2D eigenvalue weighted by Gasteiger charge is 2.25. The van der Waals surface area contributed by atoms with Crippen LogP contribution in [0.25, 0.3) is 0 Å². The number of piperazine rings is 1. The second-order valence-electron chi connectivity index (χ2n) is 9.18. The highest BCUT2D eigenvalue weighted by atomic mass is 35.5. The van der Waals surface area contributed by atoms with Gasteiger partial charge in [0.05, 0.1) is 10.0 Å². The molecule has 3 saturated heterocycles. The highest BCUT2D eigenvalue weighted by molar-refractivity contribution is 6.42. The summed E-state index contributed by atoms with van der Waals surface area (Å²) in [6.07, 6.45) is 6.93. The Morgan fingerprint density at radius 1 is 0.862 bits per heavy atom. The van der Waals surface area contributed by atoms with E-state index < -0.39 is 0 Å². The van der Waals surface area contributed by atoms with E-state index in [1.807, 2.05) is 12.1 Å². The summed E-state index contributed by atoms with van der Waals surface area (Å²) < 4.78 is 0. The Kier molecular flexibility index (Phi) is 7.99. The number of benzene rings is 1. The summed E-state index contributed by atoms with van der Waals surface area (Å²) in [5.41, 5.74) is 1.20. The molecule has 0 radical (unpaired) electrons. The van der Waals surface area contributed by atoms with Crippen LogP contribution in [0.5, 0.6) is 0 Å². The van der Waals surface area contributed by atoms with Crippen molar-refractivity contribution in [1.82, 2.24) is 15.1 Å². The predicted octanol–water partition coefficient (Wildman–Crippen LogP) is 4.22. The van der Waals surface area contributed by atoms with E-state index in [-0.39, 0.29) is 0 Å². The summed E-state index contributed by atoms with van der Waals surface area (Å²) in [5.74, 6) is 1.79. The van der Waals surface area contributed by atoms with E-state index in [9.17, 15) is 0 Å². The first-order chi connectivity index (χ1) is 14.2. The van der Waals surface area contributed by atoms with E-state index in [1.165, 1.54) is 77.1 Å². The lowest BCUT2D eigenvalue weighted by molar-refractivity contribution is 0.122. The van der Waals surface area contributed by atoms with Crippen LogP contribution in [-0.4, -0.2) is 75.2 Å². The summed E-state index contributed by atoms with van der Waals surface area (Å²) in [6.45, 7) is 12.1. The van der Waals surface area contributed by atoms with E-state index in [0.29, 0.717) is 10.0 Å². The van der Waals surface area contributed by atoms with Gasteiger partial charge in [0.1, 0.15) is 0 Å². The summed E-state index contributed by atoms with van der Waals surface area (Å²) in [7, 11) is 0. The smallest absolute Gasteiger partial charge is 0.0612 e. The number of nitrogens with zero attached hydrogens (tertiary/aromatic N) is 3. The fourth-order valence-electron chi connectivity index (χ4n) is 5.27. The molecule has 6 heteroatoms. The van der Waals surface area contributed by atoms with E-state index >= 15 is 0 Å². The number of hydrogen-bond acceptors (Lipinski definition) is 4. The quantitative estimate of drug-likeness (QED) is 0.717. The molecule has 0 unspecified atom stereocenters. The van der Waals surface area contributed by atoms with Gasteiger partial charge in [0.15, 0.2) is 0 Å². The minimum Gasteiger partial charge on any atom is -0.369 e. The van der Waals surface area contributed by atoms with Gasteiger partial charge in [0.2, 0.25) is 0 Å². The van der Waals surface area contributed by atoms with Crippen molar-refractivity contribution < 1.29 is 0 Å². The fourth-order valence-corrected chi connectivity index (χ4v) is 5.57. The van der Waals surface area contributed by atoms with Crippen molar-refractivity contribution in [2.45, 2.75) is 32.1 Å². The molecule has 1 N–H and O–H groups in total. The molecule has 4 nitrogen and oxygen atoms in total. The Bertz CT molecular complexity index is 642.